The summed E-state index contributed by atoms with van der Waals surface area (Å²) in [6, 6.07) is 23.7. The van der Waals surface area contributed by atoms with E-state index < -0.39 is 5.91 Å². The van der Waals surface area contributed by atoms with Gasteiger partial charge in [-0.3, -0.25) is 9.59 Å². The molecule has 4 rings (SSSR count). The van der Waals surface area contributed by atoms with Crippen LogP contribution in [0.5, 0.6) is 0 Å². The van der Waals surface area contributed by atoms with Gasteiger partial charge in [0.1, 0.15) is 18.2 Å². The van der Waals surface area contributed by atoms with Crippen LogP contribution in [-0.2, 0) is 9.53 Å². The van der Waals surface area contributed by atoms with E-state index >= 15 is 0 Å². The second-order valence-corrected chi connectivity index (χ2v) is 8.68. The molecule has 0 bridgehead atoms. The van der Waals surface area contributed by atoms with Gasteiger partial charge in [0.15, 0.2) is 0 Å². The summed E-state index contributed by atoms with van der Waals surface area (Å²) >= 11 is 6.24. The molecular formula is C28H26ClFN4O3. The molecular weight excluding hydrogens is 495 g/mol. The summed E-state index contributed by atoms with van der Waals surface area (Å²) in [6.07, 6.45) is 0.547. The molecule has 0 aliphatic rings. The van der Waals surface area contributed by atoms with E-state index in [2.05, 4.69) is 10.4 Å². The largest absolute Gasteiger partial charge is 0.385 e. The van der Waals surface area contributed by atoms with Crippen LogP contribution in [-0.4, -0.2) is 53.3 Å². The average Bonchev–Trinajstić information content (AvgIpc) is 3.32. The number of nitrogens with zero attached hydrogens (tertiary/aromatic N) is 3. The summed E-state index contributed by atoms with van der Waals surface area (Å²) in [5.41, 5.74) is 2.37. The molecule has 37 heavy (non-hydrogen) atoms. The highest BCUT2D eigenvalue weighted by atomic mass is 35.5. The van der Waals surface area contributed by atoms with Crippen LogP contribution in [0.4, 0.5) is 10.2 Å². The van der Waals surface area contributed by atoms with Gasteiger partial charge >= 0.3 is 0 Å². The lowest BCUT2D eigenvalue weighted by Gasteiger charge is -2.23. The molecule has 0 spiro atoms. The fourth-order valence-electron chi connectivity index (χ4n) is 3.81. The van der Waals surface area contributed by atoms with E-state index in [1.165, 1.54) is 21.7 Å². The van der Waals surface area contributed by atoms with Crippen molar-refractivity contribution < 1.29 is 18.7 Å². The fourth-order valence-corrected chi connectivity index (χ4v) is 4.03. The van der Waals surface area contributed by atoms with Gasteiger partial charge in [-0.2, -0.15) is 5.10 Å². The molecule has 0 aliphatic heterocycles. The molecule has 1 aromatic heterocycles. The first-order chi connectivity index (χ1) is 18.0. The monoisotopic (exact) mass is 520 g/mol. The first-order valence-corrected chi connectivity index (χ1v) is 12.1. The number of amides is 2. The maximum absolute atomic E-state index is 13.5. The lowest BCUT2D eigenvalue weighted by atomic mass is 10.1. The molecule has 190 valence electrons. The third-order valence-corrected chi connectivity index (χ3v) is 5.95. The number of hydrogen-bond donors (Lipinski definition) is 1. The molecule has 4 aromatic rings. The van der Waals surface area contributed by atoms with Crippen molar-refractivity contribution in [2.75, 3.05) is 32.1 Å². The Morgan fingerprint density at radius 2 is 1.73 bits per heavy atom. The van der Waals surface area contributed by atoms with E-state index in [1.54, 1.807) is 49.6 Å². The van der Waals surface area contributed by atoms with E-state index in [4.69, 9.17) is 16.3 Å². The third-order valence-electron chi connectivity index (χ3n) is 5.62. The summed E-state index contributed by atoms with van der Waals surface area (Å²) in [4.78, 5) is 27.9. The maximum atomic E-state index is 13.5. The highest BCUT2D eigenvalue weighted by Gasteiger charge is 2.22. The van der Waals surface area contributed by atoms with Crippen molar-refractivity contribution in [3.8, 4) is 16.9 Å². The number of rotatable bonds is 10. The molecule has 0 radical (unpaired) electrons. The molecule has 1 heterocycles. The Bertz CT molecular complexity index is 1360. The summed E-state index contributed by atoms with van der Waals surface area (Å²) < 4.78 is 20.2. The zero-order valence-electron chi connectivity index (χ0n) is 20.2. The summed E-state index contributed by atoms with van der Waals surface area (Å²) in [5.74, 6) is -0.762. The molecule has 0 unspecified atom stereocenters. The number of halogens is 2. The third kappa shape index (κ3) is 6.61. The Kier molecular flexibility index (Phi) is 8.66. The molecule has 0 saturated carbocycles. The SMILES string of the molecule is COCCCN(CC(=O)Nc1cc(-c2ccccc2)nn1-c1ccc(F)cc1)C(=O)c1ccccc1Cl. The van der Waals surface area contributed by atoms with Crippen molar-refractivity contribution in [3.05, 3.63) is 101 Å². The molecule has 1 N–H and O–H groups in total. The number of anilines is 1. The summed E-state index contributed by atoms with van der Waals surface area (Å²) in [6.45, 7) is 0.534. The van der Waals surface area contributed by atoms with Crippen LogP contribution in [0.25, 0.3) is 16.9 Å². The van der Waals surface area contributed by atoms with Crippen LogP contribution in [0.15, 0.2) is 84.9 Å². The van der Waals surface area contributed by atoms with Crippen molar-refractivity contribution in [1.82, 2.24) is 14.7 Å². The highest BCUT2D eigenvalue weighted by molar-refractivity contribution is 6.33. The molecule has 0 saturated heterocycles. The minimum Gasteiger partial charge on any atom is -0.385 e. The first kappa shape index (κ1) is 26.1. The van der Waals surface area contributed by atoms with Crippen molar-refractivity contribution in [2.45, 2.75) is 6.42 Å². The Hall–Kier alpha value is -4.01. The topological polar surface area (TPSA) is 76.5 Å². The molecule has 0 fully saturated rings. The van der Waals surface area contributed by atoms with Gasteiger partial charge in [0, 0.05) is 31.9 Å². The van der Waals surface area contributed by atoms with Gasteiger partial charge in [0.2, 0.25) is 5.91 Å². The number of hydrogen-bond acceptors (Lipinski definition) is 4. The molecule has 0 atom stereocenters. The first-order valence-electron chi connectivity index (χ1n) is 11.7. The zero-order valence-corrected chi connectivity index (χ0v) is 21.0. The van der Waals surface area contributed by atoms with E-state index in [0.29, 0.717) is 47.4 Å². The Labute approximate surface area is 219 Å². The van der Waals surface area contributed by atoms with E-state index in [0.717, 1.165) is 5.56 Å². The smallest absolute Gasteiger partial charge is 0.255 e. The highest BCUT2D eigenvalue weighted by Crippen LogP contribution is 2.25. The van der Waals surface area contributed by atoms with Gasteiger partial charge in [0.25, 0.3) is 5.91 Å². The van der Waals surface area contributed by atoms with Gasteiger partial charge < -0.3 is 15.0 Å². The van der Waals surface area contributed by atoms with Crippen molar-refractivity contribution >= 4 is 29.2 Å². The number of benzene rings is 3. The second-order valence-electron chi connectivity index (χ2n) is 8.27. The normalized spacial score (nSPS) is 10.8. The van der Waals surface area contributed by atoms with Crippen molar-refractivity contribution in [1.29, 1.82) is 0 Å². The standard InChI is InChI=1S/C28H26ClFN4O3/c1-37-17-7-16-33(28(36)23-10-5-6-11-24(23)29)19-27(35)31-26-18-25(20-8-3-2-4-9-20)32-34(26)22-14-12-21(30)13-15-22/h2-6,8-15,18H,7,16-17,19H2,1H3,(H,31,35). The lowest BCUT2D eigenvalue weighted by molar-refractivity contribution is -0.117. The van der Waals surface area contributed by atoms with Crippen LogP contribution < -0.4 is 5.32 Å². The van der Waals surface area contributed by atoms with Crippen LogP contribution in [0, 0.1) is 5.82 Å². The fraction of sp³-hybridized carbons (Fsp3) is 0.179. The van der Waals surface area contributed by atoms with E-state index in [9.17, 15) is 14.0 Å². The maximum Gasteiger partial charge on any atom is 0.255 e. The summed E-state index contributed by atoms with van der Waals surface area (Å²) in [7, 11) is 1.58. The van der Waals surface area contributed by atoms with Gasteiger partial charge in [0.05, 0.1) is 22.0 Å². The Balaban J connectivity index is 1.60. The Morgan fingerprint density at radius 3 is 2.43 bits per heavy atom. The van der Waals surface area contributed by atoms with Crippen LogP contribution in [0.1, 0.15) is 16.8 Å². The van der Waals surface area contributed by atoms with Crippen LogP contribution in [0.2, 0.25) is 5.02 Å². The number of methoxy groups -OCH3 is 1. The second kappa shape index (κ2) is 12.3. The summed E-state index contributed by atoms with van der Waals surface area (Å²) in [5, 5.41) is 7.81. The minimum absolute atomic E-state index is 0.205. The lowest BCUT2D eigenvalue weighted by Crippen LogP contribution is -2.39. The molecule has 2 amide bonds. The minimum atomic E-state index is -0.416. The van der Waals surface area contributed by atoms with E-state index in [1.807, 2.05) is 30.3 Å². The molecule has 7 nitrogen and oxygen atoms in total. The van der Waals surface area contributed by atoms with Gasteiger partial charge in [-0.05, 0) is 42.8 Å². The number of aromatic nitrogens is 2. The van der Waals surface area contributed by atoms with Crippen LogP contribution >= 0.6 is 11.6 Å². The van der Waals surface area contributed by atoms with Gasteiger partial charge in [-0.15, -0.1) is 0 Å². The van der Waals surface area contributed by atoms with Gasteiger partial charge in [-0.25, -0.2) is 9.07 Å². The number of nitrogens with one attached hydrogen (secondary N) is 1. The Morgan fingerprint density at radius 1 is 1.03 bits per heavy atom. The van der Waals surface area contributed by atoms with Crippen molar-refractivity contribution in [2.24, 2.45) is 0 Å². The van der Waals surface area contributed by atoms with E-state index in [-0.39, 0.29) is 18.3 Å². The van der Waals surface area contributed by atoms with Crippen molar-refractivity contribution in [3.63, 3.8) is 0 Å². The zero-order chi connectivity index (χ0) is 26.2. The number of ether oxygens (including phenoxy) is 1. The predicted octanol–water partition coefficient (Wildman–Crippen LogP) is 5.45. The van der Waals surface area contributed by atoms with Gasteiger partial charge in [-0.1, -0.05) is 54.1 Å². The molecule has 0 aliphatic carbocycles. The molecule has 9 heteroatoms. The predicted molar refractivity (Wildman–Crippen MR) is 141 cm³/mol. The average molecular weight is 521 g/mol. The van der Waals surface area contributed by atoms with Crippen LogP contribution in [0.3, 0.4) is 0 Å². The number of carbonyl (C=O) groups excluding carboxylic acids is 2. The quantitative estimate of drug-likeness (QED) is 0.282. The number of carbonyl (C=O) groups is 2. The molecule has 3 aromatic carbocycles.